The highest BCUT2D eigenvalue weighted by molar-refractivity contribution is 5.92. The van der Waals surface area contributed by atoms with Crippen molar-refractivity contribution in [2.45, 2.75) is 6.18 Å². The van der Waals surface area contributed by atoms with Crippen molar-refractivity contribution < 1.29 is 36.6 Å². The fourth-order valence-corrected chi connectivity index (χ4v) is 2.57. The van der Waals surface area contributed by atoms with Gasteiger partial charge in [-0.3, -0.25) is 4.79 Å². The normalized spacial score (nSPS) is 11.0. The molecular weight excluding hydrogens is 418 g/mol. The Bertz CT molecular complexity index is 1030. The van der Waals surface area contributed by atoms with Gasteiger partial charge in [0.2, 0.25) is 0 Å². The van der Waals surface area contributed by atoms with E-state index in [0.717, 1.165) is 24.3 Å². The third kappa shape index (κ3) is 6.11. The largest absolute Gasteiger partial charge is 0.497 e. The molecule has 3 rings (SSSR count). The van der Waals surface area contributed by atoms with Crippen molar-refractivity contribution in [2.24, 2.45) is 0 Å². The number of nitrogens with one attached hydrogen (secondary N) is 1. The van der Waals surface area contributed by atoms with Gasteiger partial charge in [0.1, 0.15) is 34.4 Å². The summed E-state index contributed by atoms with van der Waals surface area (Å²) in [5.74, 6) is -0.618. The Morgan fingerprint density at radius 1 is 0.903 bits per heavy atom. The molecule has 3 aromatic rings. The maximum Gasteiger partial charge on any atom is 0.420 e. The van der Waals surface area contributed by atoms with Crippen molar-refractivity contribution in [3.63, 3.8) is 0 Å². The summed E-state index contributed by atoms with van der Waals surface area (Å²) in [6, 6.07) is 14.1. The molecule has 0 unspecified atom stereocenters. The fraction of sp³-hybridized carbons (Fsp3) is 0.136. The summed E-state index contributed by atoms with van der Waals surface area (Å²) in [6.07, 6.45) is -4.74. The van der Waals surface area contributed by atoms with Gasteiger partial charge >= 0.3 is 6.18 Å². The van der Waals surface area contributed by atoms with Gasteiger partial charge in [-0.15, -0.1) is 0 Å². The standard InChI is InChI=1S/C22H17F4NO4/c1-29-16-7-9-17(10-8-16)30-13-21(28)27-15-4-11-20(19(12-15)22(24,25)26)31-18-5-2-14(23)3-6-18/h2-12H,13H2,1H3,(H,27,28). The summed E-state index contributed by atoms with van der Waals surface area (Å²) in [4.78, 5) is 12.1. The van der Waals surface area contributed by atoms with Gasteiger partial charge in [-0.05, 0) is 66.7 Å². The van der Waals surface area contributed by atoms with E-state index in [-0.39, 0.29) is 11.4 Å². The van der Waals surface area contributed by atoms with Crippen molar-refractivity contribution in [1.29, 1.82) is 0 Å². The van der Waals surface area contributed by atoms with Crippen molar-refractivity contribution in [2.75, 3.05) is 19.0 Å². The van der Waals surface area contributed by atoms with E-state index in [4.69, 9.17) is 14.2 Å². The lowest BCUT2D eigenvalue weighted by Gasteiger charge is -2.16. The molecule has 0 bridgehead atoms. The number of carbonyl (C=O) groups is 1. The molecule has 0 saturated carbocycles. The molecule has 162 valence electrons. The number of hydrogen-bond acceptors (Lipinski definition) is 4. The number of amides is 1. The van der Waals surface area contributed by atoms with Crippen LogP contribution in [0.4, 0.5) is 23.2 Å². The SMILES string of the molecule is COc1ccc(OCC(=O)Nc2ccc(Oc3ccc(F)cc3)c(C(F)(F)F)c2)cc1. The quantitative estimate of drug-likeness (QED) is 0.487. The van der Waals surface area contributed by atoms with Gasteiger partial charge in [-0.25, -0.2) is 4.39 Å². The number of anilines is 1. The molecule has 0 saturated heterocycles. The van der Waals surface area contributed by atoms with Crippen molar-refractivity contribution in [3.8, 4) is 23.0 Å². The van der Waals surface area contributed by atoms with Crippen LogP contribution in [-0.4, -0.2) is 19.6 Å². The van der Waals surface area contributed by atoms with E-state index in [1.807, 2.05) is 0 Å². The Morgan fingerprint density at radius 3 is 2.13 bits per heavy atom. The highest BCUT2D eigenvalue weighted by atomic mass is 19.4. The minimum atomic E-state index is -4.74. The molecular formula is C22H17F4NO4. The Hall–Kier alpha value is -3.75. The lowest BCUT2D eigenvalue weighted by atomic mass is 10.1. The van der Waals surface area contributed by atoms with Gasteiger partial charge in [0.15, 0.2) is 6.61 Å². The predicted molar refractivity (Wildman–Crippen MR) is 105 cm³/mol. The summed E-state index contributed by atoms with van der Waals surface area (Å²) in [5, 5.41) is 2.35. The molecule has 31 heavy (non-hydrogen) atoms. The van der Waals surface area contributed by atoms with Gasteiger partial charge in [0, 0.05) is 5.69 Å². The highest BCUT2D eigenvalue weighted by Gasteiger charge is 2.35. The number of alkyl halides is 3. The van der Waals surface area contributed by atoms with Crippen LogP contribution in [0, 0.1) is 5.82 Å². The van der Waals surface area contributed by atoms with Crippen LogP contribution in [-0.2, 0) is 11.0 Å². The van der Waals surface area contributed by atoms with Gasteiger partial charge < -0.3 is 19.5 Å². The van der Waals surface area contributed by atoms with Crippen molar-refractivity contribution in [3.05, 3.63) is 78.1 Å². The second-order valence-electron chi connectivity index (χ2n) is 6.28. The topological polar surface area (TPSA) is 56.8 Å². The zero-order chi connectivity index (χ0) is 22.4. The highest BCUT2D eigenvalue weighted by Crippen LogP contribution is 2.39. The number of methoxy groups -OCH3 is 1. The van der Waals surface area contributed by atoms with Crippen LogP contribution in [0.15, 0.2) is 66.7 Å². The molecule has 9 heteroatoms. The van der Waals surface area contributed by atoms with E-state index in [9.17, 15) is 22.4 Å². The predicted octanol–water partition coefficient (Wildman–Crippen LogP) is 5.66. The second-order valence-corrected chi connectivity index (χ2v) is 6.28. The number of carbonyl (C=O) groups excluding carboxylic acids is 1. The monoisotopic (exact) mass is 435 g/mol. The van der Waals surface area contributed by atoms with Crippen LogP contribution in [0.5, 0.6) is 23.0 Å². The zero-order valence-corrected chi connectivity index (χ0v) is 16.2. The van der Waals surface area contributed by atoms with Crippen LogP contribution in [0.1, 0.15) is 5.56 Å². The molecule has 0 aromatic heterocycles. The van der Waals surface area contributed by atoms with Crippen LogP contribution in [0.3, 0.4) is 0 Å². The maximum absolute atomic E-state index is 13.5. The molecule has 0 fully saturated rings. The van der Waals surface area contributed by atoms with Gasteiger partial charge in [-0.1, -0.05) is 0 Å². The molecule has 1 N–H and O–H groups in total. The smallest absolute Gasteiger partial charge is 0.420 e. The van der Waals surface area contributed by atoms with E-state index in [1.54, 1.807) is 24.3 Å². The average molecular weight is 435 g/mol. The minimum Gasteiger partial charge on any atom is -0.497 e. The fourth-order valence-electron chi connectivity index (χ4n) is 2.57. The Kier molecular flexibility index (Phi) is 6.64. The summed E-state index contributed by atoms with van der Waals surface area (Å²) < 4.78 is 69.0. The van der Waals surface area contributed by atoms with Crippen molar-refractivity contribution in [1.82, 2.24) is 0 Å². The molecule has 1 amide bonds. The first-order valence-corrected chi connectivity index (χ1v) is 8.96. The second kappa shape index (κ2) is 9.38. The Balaban J connectivity index is 1.69. The number of halogens is 4. The lowest BCUT2D eigenvalue weighted by Crippen LogP contribution is -2.20. The first kappa shape index (κ1) is 21.9. The third-order valence-electron chi connectivity index (χ3n) is 4.04. The molecule has 5 nitrogen and oxygen atoms in total. The molecule has 3 aromatic carbocycles. The molecule has 0 heterocycles. The number of benzene rings is 3. The zero-order valence-electron chi connectivity index (χ0n) is 16.2. The molecule has 0 atom stereocenters. The van der Waals surface area contributed by atoms with E-state index < -0.39 is 35.8 Å². The molecule has 0 radical (unpaired) electrons. The third-order valence-corrected chi connectivity index (χ3v) is 4.04. The summed E-state index contributed by atoms with van der Waals surface area (Å²) >= 11 is 0. The van der Waals surface area contributed by atoms with E-state index >= 15 is 0 Å². The lowest BCUT2D eigenvalue weighted by molar-refractivity contribution is -0.138. The summed E-state index contributed by atoms with van der Waals surface area (Å²) in [6.45, 7) is -0.401. The van der Waals surface area contributed by atoms with Crippen LogP contribution < -0.4 is 19.5 Å². The minimum absolute atomic E-state index is 0.0385. The molecule has 0 aliphatic rings. The molecule has 0 spiro atoms. The number of hydrogen-bond donors (Lipinski definition) is 1. The number of rotatable bonds is 7. The van der Waals surface area contributed by atoms with Gasteiger partial charge in [0.05, 0.1) is 7.11 Å². The number of ether oxygens (including phenoxy) is 3. The Morgan fingerprint density at radius 2 is 1.52 bits per heavy atom. The van der Waals surface area contributed by atoms with Crippen molar-refractivity contribution >= 4 is 11.6 Å². The summed E-state index contributed by atoms with van der Waals surface area (Å²) in [7, 11) is 1.51. The molecule has 0 aliphatic carbocycles. The average Bonchev–Trinajstić information content (AvgIpc) is 2.74. The Labute approximate surface area is 175 Å². The van der Waals surface area contributed by atoms with Crippen LogP contribution >= 0.6 is 0 Å². The van der Waals surface area contributed by atoms with Gasteiger partial charge in [0.25, 0.3) is 5.91 Å². The summed E-state index contributed by atoms with van der Waals surface area (Å²) in [5.41, 5.74) is -1.17. The van der Waals surface area contributed by atoms with Crippen LogP contribution in [0.25, 0.3) is 0 Å². The maximum atomic E-state index is 13.5. The van der Waals surface area contributed by atoms with E-state index in [0.29, 0.717) is 11.5 Å². The first-order valence-electron chi connectivity index (χ1n) is 8.96. The van der Waals surface area contributed by atoms with Gasteiger partial charge in [-0.2, -0.15) is 13.2 Å². The molecule has 0 aliphatic heterocycles. The van der Waals surface area contributed by atoms with E-state index in [2.05, 4.69) is 5.32 Å². The van der Waals surface area contributed by atoms with E-state index in [1.165, 1.54) is 25.3 Å². The van der Waals surface area contributed by atoms with Crippen LogP contribution in [0.2, 0.25) is 0 Å². The first-order chi connectivity index (χ1) is 14.7.